The third-order valence-corrected chi connectivity index (χ3v) is 6.54. The summed E-state index contributed by atoms with van der Waals surface area (Å²) in [5.41, 5.74) is 0. The number of carbonyl (C=O) groups is 2. The van der Waals surface area contributed by atoms with Gasteiger partial charge in [0.25, 0.3) is 0 Å². The predicted molar refractivity (Wildman–Crippen MR) is 109 cm³/mol. The standard InChI is InChI=1S/C20H26Cl2O4S/c1-12(2)15-6-4-13(3)8-17(15)26-19(23)10-25-20(24)11-27-18-9-14(21)5-7-16(18)22/h5,7,9,12-13,15,17H,4,6,8,10-11H2,1-3H3/t13-,15+,17-/m1/s1. The molecule has 0 aliphatic heterocycles. The first-order chi connectivity index (χ1) is 12.8. The molecule has 2 rings (SSSR count). The summed E-state index contributed by atoms with van der Waals surface area (Å²) in [6.07, 6.45) is 2.99. The number of ether oxygens (including phenoxy) is 2. The Morgan fingerprint density at radius 1 is 1.22 bits per heavy atom. The summed E-state index contributed by atoms with van der Waals surface area (Å²) < 4.78 is 10.7. The molecule has 4 nitrogen and oxygen atoms in total. The molecule has 0 aromatic heterocycles. The van der Waals surface area contributed by atoms with Crippen molar-refractivity contribution in [3.05, 3.63) is 28.2 Å². The van der Waals surface area contributed by atoms with Gasteiger partial charge in [0.05, 0.1) is 10.8 Å². The van der Waals surface area contributed by atoms with Gasteiger partial charge < -0.3 is 9.47 Å². The van der Waals surface area contributed by atoms with E-state index in [9.17, 15) is 9.59 Å². The first kappa shape index (κ1) is 22.4. The first-order valence-corrected chi connectivity index (χ1v) is 10.9. The van der Waals surface area contributed by atoms with Crippen molar-refractivity contribution >= 4 is 46.9 Å². The van der Waals surface area contributed by atoms with Gasteiger partial charge in [-0.05, 0) is 48.8 Å². The lowest BCUT2D eigenvalue weighted by Crippen LogP contribution is -2.36. The van der Waals surface area contributed by atoms with Crippen LogP contribution < -0.4 is 0 Å². The quantitative estimate of drug-likeness (QED) is 0.412. The number of thioether (sulfide) groups is 1. The van der Waals surface area contributed by atoms with Crippen molar-refractivity contribution in [2.45, 2.75) is 51.0 Å². The van der Waals surface area contributed by atoms with E-state index in [1.165, 1.54) is 11.8 Å². The molecule has 0 amide bonds. The van der Waals surface area contributed by atoms with E-state index in [-0.39, 0.29) is 18.5 Å². The number of benzene rings is 1. The van der Waals surface area contributed by atoms with E-state index in [0.717, 1.165) is 19.3 Å². The molecule has 1 aliphatic carbocycles. The summed E-state index contributed by atoms with van der Waals surface area (Å²) in [6, 6.07) is 5.04. The summed E-state index contributed by atoms with van der Waals surface area (Å²) in [6.45, 7) is 6.12. The lowest BCUT2D eigenvalue weighted by Gasteiger charge is -2.36. The lowest BCUT2D eigenvalue weighted by atomic mass is 9.75. The van der Waals surface area contributed by atoms with Crippen molar-refractivity contribution in [3.63, 3.8) is 0 Å². The Balaban J connectivity index is 1.77. The Morgan fingerprint density at radius 2 is 1.96 bits per heavy atom. The number of halogens is 2. The number of carbonyl (C=O) groups excluding carboxylic acids is 2. The summed E-state index contributed by atoms with van der Waals surface area (Å²) in [5.74, 6) is 0.421. The van der Waals surface area contributed by atoms with Crippen molar-refractivity contribution in [1.29, 1.82) is 0 Å². The van der Waals surface area contributed by atoms with Gasteiger partial charge in [0, 0.05) is 9.92 Å². The van der Waals surface area contributed by atoms with Crippen LogP contribution in [0.2, 0.25) is 10.0 Å². The average molecular weight is 433 g/mol. The van der Waals surface area contributed by atoms with E-state index < -0.39 is 11.9 Å². The highest BCUT2D eigenvalue weighted by molar-refractivity contribution is 8.00. The van der Waals surface area contributed by atoms with Gasteiger partial charge in [-0.3, -0.25) is 4.79 Å². The topological polar surface area (TPSA) is 52.6 Å². The SMILES string of the molecule is CC(C)[C@@H]1CC[C@@H](C)C[C@H]1OC(=O)COC(=O)CSc1cc(Cl)ccc1Cl. The fourth-order valence-electron chi connectivity index (χ4n) is 3.36. The van der Waals surface area contributed by atoms with Crippen LogP contribution in [0.1, 0.15) is 40.0 Å². The van der Waals surface area contributed by atoms with E-state index >= 15 is 0 Å². The molecule has 7 heteroatoms. The fraction of sp³-hybridized carbons (Fsp3) is 0.600. The van der Waals surface area contributed by atoms with Crippen molar-refractivity contribution in [2.24, 2.45) is 17.8 Å². The summed E-state index contributed by atoms with van der Waals surface area (Å²) in [5, 5.41) is 1.06. The molecule has 1 aliphatic rings. The largest absolute Gasteiger partial charge is 0.460 e. The molecule has 0 heterocycles. The Bertz CT molecular complexity index is 665. The maximum atomic E-state index is 12.1. The van der Waals surface area contributed by atoms with Gasteiger partial charge in [-0.2, -0.15) is 0 Å². The monoisotopic (exact) mass is 432 g/mol. The predicted octanol–water partition coefficient (Wildman–Crippen LogP) is 5.63. The van der Waals surface area contributed by atoms with Crippen LogP contribution in [0, 0.1) is 17.8 Å². The second kappa shape index (κ2) is 10.6. The third-order valence-electron chi connectivity index (χ3n) is 4.83. The summed E-state index contributed by atoms with van der Waals surface area (Å²) in [7, 11) is 0. The maximum absolute atomic E-state index is 12.1. The number of hydrogen-bond donors (Lipinski definition) is 0. The molecule has 0 spiro atoms. The van der Waals surface area contributed by atoms with Crippen LogP contribution in [0.3, 0.4) is 0 Å². The zero-order chi connectivity index (χ0) is 20.0. The van der Waals surface area contributed by atoms with Gasteiger partial charge in [0.15, 0.2) is 6.61 Å². The Hall–Kier alpha value is -0.910. The highest BCUT2D eigenvalue weighted by Crippen LogP contribution is 2.35. The normalized spacial score (nSPS) is 22.5. The highest BCUT2D eigenvalue weighted by Gasteiger charge is 2.33. The molecule has 1 aromatic rings. The fourth-order valence-corrected chi connectivity index (χ4v) is 4.65. The minimum atomic E-state index is -0.495. The molecule has 3 atom stereocenters. The molecule has 0 saturated heterocycles. The van der Waals surface area contributed by atoms with Crippen LogP contribution in [-0.2, 0) is 19.1 Å². The molecule has 0 bridgehead atoms. The molecular weight excluding hydrogens is 407 g/mol. The second-order valence-electron chi connectivity index (χ2n) is 7.38. The zero-order valence-corrected chi connectivity index (χ0v) is 18.2. The van der Waals surface area contributed by atoms with Crippen LogP contribution in [0.15, 0.2) is 23.1 Å². The molecule has 0 unspecified atom stereocenters. The van der Waals surface area contributed by atoms with Crippen LogP contribution in [0.25, 0.3) is 0 Å². The van der Waals surface area contributed by atoms with E-state index in [0.29, 0.717) is 32.7 Å². The van der Waals surface area contributed by atoms with Gasteiger partial charge in [0.2, 0.25) is 0 Å². The highest BCUT2D eigenvalue weighted by atomic mass is 35.5. The van der Waals surface area contributed by atoms with Crippen LogP contribution in [-0.4, -0.2) is 30.4 Å². The molecule has 0 N–H and O–H groups in total. The van der Waals surface area contributed by atoms with E-state index in [2.05, 4.69) is 20.8 Å². The van der Waals surface area contributed by atoms with Crippen LogP contribution >= 0.6 is 35.0 Å². The number of hydrogen-bond acceptors (Lipinski definition) is 5. The maximum Gasteiger partial charge on any atom is 0.344 e. The van der Waals surface area contributed by atoms with Gasteiger partial charge in [0.1, 0.15) is 6.10 Å². The number of esters is 2. The third kappa shape index (κ3) is 7.20. The summed E-state index contributed by atoms with van der Waals surface area (Å²) in [4.78, 5) is 24.7. The first-order valence-electron chi connectivity index (χ1n) is 9.19. The molecule has 0 radical (unpaired) electrons. The molecule has 1 saturated carbocycles. The van der Waals surface area contributed by atoms with Crippen LogP contribution in [0.5, 0.6) is 0 Å². The van der Waals surface area contributed by atoms with Gasteiger partial charge >= 0.3 is 11.9 Å². The smallest absolute Gasteiger partial charge is 0.344 e. The minimum Gasteiger partial charge on any atom is -0.460 e. The minimum absolute atomic E-state index is 0.0441. The van der Waals surface area contributed by atoms with Crippen molar-refractivity contribution < 1.29 is 19.1 Å². The number of rotatable bonds is 7. The van der Waals surface area contributed by atoms with Crippen molar-refractivity contribution in [1.82, 2.24) is 0 Å². The summed E-state index contributed by atoms with van der Waals surface area (Å²) >= 11 is 13.2. The zero-order valence-electron chi connectivity index (χ0n) is 15.9. The Morgan fingerprint density at radius 3 is 2.67 bits per heavy atom. The Kier molecular flexibility index (Phi) is 8.77. The van der Waals surface area contributed by atoms with Gasteiger partial charge in [-0.15, -0.1) is 11.8 Å². The van der Waals surface area contributed by atoms with Crippen LogP contribution in [0.4, 0.5) is 0 Å². The van der Waals surface area contributed by atoms with E-state index in [1.54, 1.807) is 18.2 Å². The van der Waals surface area contributed by atoms with Gasteiger partial charge in [-0.1, -0.05) is 50.4 Å². The lowest BCUT2D eigenvalue weighted by molar-refractivity contribution is -0.166. The second-order valence-corrected chi connectivity index (χ2v) is 9.24. The molecule has 150 valence electrons. The molecule has 1 fully saturated rings. The average Bonchev–Trinajstić information content (AvgIpc) is 2.60. The molecule has 27 heavy (non-hydrogen) atoms. The van der Waals surface area contributed by atoms with Gasteiger partial charge in [-0.25, -0.2) is 4.79 Å². The Labute approximate surface area is 175 Å². The van der Waals surface area contributed by atoms with Crippen molar-refractivity contribution in [2.75, 3.05) is 12.4 Å². The molecular formula is C20H26Cl2O4S. The van der Waals surface area contributed by atoms with E-state index in [4.69, 9.17) is 32.7 Å². The van der Waals surface area contributed by atoms with Crippen molar-refractivity contribution in [3.8, 4) is 0 Å². The van der Waals surface area contributed by atoms with E-state index in [1.807, 2.05) is 0 Å². The molecule has 1 aromatic carbocycles.